The molecule has 0 saturated heterocycles. The number of fused-ring (bicyclic) bond motifs is 9. The number of hydrogen-bond donors (Lipinski definition) is 0. The average molecular weight is 1160 g/mol. The second kappa shape index (κ2) is 21.6. The van der Waals surface area contributed by atoms with Crippen LogP contribution in [0.3, 0.4) is 0 Å². The topological polar surface area (TPSA) is 40.6 Å². The van der Waals surface area contributed by atoms with Gasteiger partial charge in [0.05, 0.1) is 61.6 Å². The molecule has 17 aromatic rings. The lowest BCUT2D eigenvalue weighted by Crippen LogP contribution is -2.06. The molecule has 0 radical (unpaired) electrons. The number of benzene rings is 13. The molecular weight excluding hydrogens is 1100 g/mol. The Morgan fingerprint density at radius 2 is 0.560 bits per heavy atom. The SMILES string of the molecule is Cc1cc(C)cc(-c2ccc3c(c2)c2cc(-c4cc(C)cc(C)c4)ccc2n3-c2c(-c3ccccc3-n3c4ccccc4c4ccccc43)cc(-c3nc(-c4ccccc4)cc(-c4ccccc4)n3)cc2-c2ccccc2-n2c3ccccc3c3ccccc32)c1. The molecule has 17 rings (SSSR count). The normalized spacial score (nSPS) is 11.7. The van der Waals surface area contributed by atoms with Gasteiger partial charge < -0.3 is 13.7 Å². The van der Waals surface area contributed by atoms with Gasteiger partial charge in [0.2, 0.25) is 0 Å². The summed E-state index contributed by atoms with van der Waals surface area (Å²) >= 11 is 0. The number of nitrogens with zero attached hydrogens (tertiary/aromatic N) is 5. The Bertz CT molecular complexity index is 5270. The molecule has 0 atom stereocenters. The van der Waals surface area contributed by atoms with Crippen LogP contribution in [0.25, 0.3) is 161 Å². The number of hydrogen-bond acceptors (Lipinski definition) is 2. The van der Waals surface area contributed by atoms with Crippen LogP contribution in [-0.4, -0.2) is 23.7 Å². The van der Waals surface area contributed by atoms with Crippen molar-refractivity contribution in [2.45, 2.75) is 27.7 Å². The first-order valence-electron chi connectivity index (χ1n) is 31.4. The molecule has 4 aromatic heterocycles. The van der Waals surface area contributed by atoms with E-state index >= 15 is 0 Å². The lowest BCUT2D eigenvalue weighted by Gasteiger charge is -2.24. The van der Waals surface area contributed by atoms with E-state index in [0.29, 0.717) is 5.82 Å². The summed E-state index contributed by atoms with van der Waals surface area (Å²) in [6.07, 6.45) is 0. The first kappa shape index (κ1) is 53.6. The summed E-state index contributed by atoms with van der Waals surface area (Å²) in [7, 11) is 0. The van der Waals surface area contributed by atoms with Gasteiger partial charge in [0.1, 0.15) is 0 Å². The fourth-order valence-corrected chi connectivity index (χ4v) is 14.6. The maximum atomic E-state index is 5.64. The van der Waals surface area contributed by atoms with Crippen molar-refractivity contribution in [3.8, 4) is 95.5 Å². The minimum absolute atomic E-state index is 0.622. The standard InChI is InChI=1S/C86H61N5/c1-54-43-55(2)46-62(45-54)60-39-41-83-71(49-60)72-50-61(63-47-56(3)44-57(4)48-63)40-42-84(72)91(83)85-73(69-31-15-21-37-81(69)89-77-33-17-11-27-65(77)66-28-12-18-34-78(66)89)51-64(86-87-75(58-23-7-5-8-24-58)53-76(88-86)59-25-9-6-10-26-59)52-74(85)70-32-16-22-38-82(70)90-79-35-19-13-29-67(79)68-30-14-20-36-80(68)90/h5-53H,1-4H3. The van der Waals surface area contributed by atoms with Crippen LogP contribution in [0.4, 0.5) is 0 Å². The summed E-state index contributed by atoms with van der Waals surface area (Å²) < 4.78 is 7.53. The van der Waals surface area contributed by atoms with E-state index in [2.05, 4.69) is 339 Å². The molecule has 13 aromatic carbocycles. The molecule has 5 heteroatoms. The highest BCUT2D eigenvalue weighted by molar-refractivity contribution is 6.15. The molecule has 91 heavy (non-hydrogen) atoms. The van der Waals surface area contributed by atoms with Crippen LogP contribution in [0.15, 0.2) is 297 Å². The zero-order chi connectivity index (χ0) is 60.8. The molecule has 430 valence electrons. The Hall–Kier alpha value is -11.7. The fraction of sp³-hybridized carbons (Fsp3) is 0.0465. The fourth-order valence-electron chi connectivity index (χ4n) is 14.6. The van der Waals surface area contributed by atoms with Crippen molar-refractivity contribution in [3.05, 3.63) is 320 Å². The van der Waals surface area contributed by atoms with E-state index in [9.17, 15) is 0 Å². The van der Waals surface area contributed by atoms with E-state index in [1.165, 1.54) is 66.1 Å². The summed E-state index contributed by atoms with van der Waals surface area (Å²) in [6, 6.07) is 109. The highest BCUT2D eigenvalue weighted by Crippen LogP contribution is 2.49. The number of aryl methyl sites for hydroxylation is 4. The molecule has 4 heterocycles. The summed E-state index contributed by atoms with van der Waals surface area (Å²) in [6.45, 7) is 8.79. The first-order valence-corrected chi connectivity index (χ1v) is 31.4. The quantitative estimate of drug-likeness (QED) is 0.137. The molecule has 0 unspecified atom stereocenters. The molecule has 0 fully saturated rings. The van der Waals surface area contributed by atoms with Crippen LogP contribution in [-0.2, 0) is 0 Å². The molecule has 0 N–H and O–H groups in total. The van der Waals surface area contributed by atoms with Gasteiger partial charge in [0.25, 0.3) is 0 Å². The minimum Gasteiger partial charge on any atom is -0.309 e. The third-order valence-corrected chi connectivity index (χ3v) is 18.4. The summed E-state index contributed by atoms with van der Waals surface area (Å²) in [4.78, 5) is 11.3. The lowest BCUT2D eigenvalue weighted by molar-refractivity contribution is 1.15. The zero-order valence-corrected chi connectivity index (χ0v) is 51.0. The highest BCUT2D eigenvalue weighted by Gasteiger charge is 2.28. The van der Waals surface area contributed by atoms with Crippen LogP contribution in [0.5, 0.6) is 0 Å². The van der Waals surface area contributed by atoms with Crippen LogP contribution in [0.2, 0.25) is 0 Å². The Kier molecular flexibility index (Phi) is 12.7. The van der Waals surface area contributed by atoms with Crippen molar-refractivity contribution in [2.24, 2.45) is 0 Å². The van der Waals surface area contributed by atoms with E-state index in [1.807, 2.05) is 0 Å². The molecule has 5 nitrogen and oxygen atoms in total. The molecule has 0 amide bonds. The predicted octanol–water partition coefficient (Wildman–Crippen LogP) is 22.7. The van der Waals surface area contributed by atoms with Gasteiger partial charge in [-0.2, -0.15) is 0 Å². The monoisotopic (exact) mass is 1160 g/mol. The van der Waals surface area contributed by atoms with E-state index in [0.717, 1.165) is 111 Å². The number of rotatable bonds is 10. The van der Waals surface area contributed by atoms with E-state index < -0.39 is 0 Å². The van der Waals surface area contributed by atoms with Gasteiger partial charge in [-0.05, 0) is 129 Å². The van der Waals surface area contributed by atoms with Gasteiger partial charge in [-0.1, -0.05) is 241 Å². The molecule has 0 aliphatic carbocycles. The summed E-state index contributed by atoms with van der Waals surface area (Å²) in [5.41, 5.74) is 28.3. The smallest absolute Gasteiger partial charge is 0.160 e. The Labute approximate surface area is 528 Å². The summed E-state index contributed by atoms with van der Waals surface area (Å²) in [5.74, 6) is 0.622. The Balaban J connectivity index is 1.07. The largest absolute Gasteiger partial charge is 0.309 e. The van der Waals surface area contributed by atoms with Gasteiger partial charge in [-0.3, -0.25) is 0 Å². The number of aromatic nitrogens is 5. The summed E-state index contributed by atoms with van der Waals surface area (Å²) in [5, 5.41) is 7.12. The third-order valence-electron chi connectivity index (χ3n) is 18.4. The maximum Gasteiger partial charge on any atom is 0.160 e. The van der Waals surface area contributed by atoms with Gasteiger partial charge in [-0.15, -0.1) is 0 Å². The Morgan fingerprint density at radius 1 is 0.220 bits per heavy atom. The van der Waals surface area contributed by atoms with Gasteiger partial charge >= 0.3 is 0 Å². The van der Waals surface area contributed by atoms with Crippen molar-refractivity contribution < 1.29 is 0 Å². The van der Waals surface area contributed by atoms with Crippen molar-refractivity contribution >= 4 is 65.4 Å². The third kappa shape index (κ3) is 9.07. The van der Waals surface area contributed by atoms with E-state index in [-0.39, 0.29) is 0 Å². The van der Waals surface area contributed by atoms with E-state index in [1.54, 1.807) is 0 Å². The molecular formula is C86H61N5. The van der Waals surface area contributed by atoms with Crippen LogP contribution < -0.4 is 0 Å². The van der Waals surface area contributed by atoms with Gasteiger partial charge in [0, 0.05) is 71.3 Å². The second-order valence-corrected chi connectivity index (χ2v) is 24.4. The number of para-hydroxylation sites is 6. The van der Waals surface area contributed by atoms with Crippen molar-refractivity contribution in [1.29, 1.82) is 0 Å². The van der Waals surface area contributed by atoms with E-state index in [4.69, 9.17) is 9.97 Å². The average Bonchev–Trinajstić information content (AvgIpc) is 1.70. The minimum atomic E-state index is 0.622. The van der Waals surface area contributed by atoms with Crippen molar-refractivity contribution in [1.82, 2.24) is 23.7 Å². The second-order valence-electron chi connectivity index (χ2n) is 24.4. The van der Waals surface area contributed by atoms with Crippen molar-refractivity contribution in [2.75, 3.05) is 0 Å². The van der Waals surface area contributed by atoms with Gasteiger partial charge in [-0.25, -0.2) is 9.97 Å². The van der Waals surface area contributed by atoms with Gasteiger partial charge in [0.15, 0.2) is 5.82 Å². The molecule has 0 saturated carbocycles. The highest BCUT2D eigenvalue weighted by atomic mass is 15.0. The lowest BCUT2D eigenvalue weighted by atomic mass is 9.90. The molecule has 0 spiro atoms. The molecule has 0 bridgehead atoms. The molecule has 0 aliphatic heterocycles. The first-order chi connectivity index (χ1) is 44.8. The maximum absolute atomic E-state index is 5.64. The zero-order valence-electron chi connectivity index (χ0n) is 51.0. The van der Waals surface area contributed by atoms with Crippen LogP contribution >= 0.6 is 0 Å². The van der Waals surface area contributed by atoms with Crippen LogP contribution in [0.1, 0.15) is 22.3 Å². The Morgan fingerprint density at radius 3 is 0.956 bits per heavy atom. The van der Waals surface area contributed by atoms with Crippen molar-refractivity contribution in [3.63, 3.8) is 0 Å². The predicted molar refractivity (Wildman–Crippen MR) is 382 cm³/mol. The van der Waals surface area contributed by atoms with Crippen LogP contribution in [0, 0.1) is 27.7 Å². The molecule has 0 aliphatic rings.